The Labute approximate surface area is 167 Å². The highest BCUT2D eigenvalue weighted by atomic mass is 32.2. The molecule has 0 saturated heterocycles. The zero-order valence-electron chi connectivity index (χ0n) is 15.9. The van der Waals surface area contributed by atoms with E-state index in [0.717, 1.165) is 25.9 Å². The van der Waals surface area contributed by atoms with Gasteiger partial charge in [-0.1, -0.05) is 78.4 Å². The first-order valence-electron chi connectivity index (χ1n) is 9.60. The van der Waals surface area contributed by atoms with E-state index in [0.29, 0.717) is 0 Å². The van der Waals surface area contributed by atoms with Crippen LogP contribution < -0.4 is 10.0 Å². The molecule has 0 aromatic heterocycles. The van der Waals surface area contributed by atoms with Crippen LogP contribution in [0.2, 0.25) is 0 Å². The van der Waals surface area contributed by atoms with E-state index in [9.17, 15) is 0 Å². The molecule has 3 rings (SSSR count). The number of hydrogen-bond acceptors (Lipinski definition) is 3. The molecule has 0 bridgehead atoms. The molecular weight excluding hydrogens is 348 g/mol. The third-order valence-electron chi connectivity index (χ3n) is 4.55. The minimum absolute atomic E-state index is 0.272. The molecule has 1 unspecified atom stereocenters. The summed E-state index contributed by atoms with van der Waals surface area (Å²) in [5, 5.41) is 3.62. The standard InChI is InChI=1S/C24H28N2S/c1-20-14-16-23(17-15-20)27-26-24(22-12-6-3-7-13-22)19-25-18-8-11-21-9-4-2-5-10-21/h2-7,9-10,12-17,24-26H,8,11,18-19H2,1H3. The monoisotopic (exact) mass is 376 g/mol. The lowest BCUT2D eigenvalue weighted by molar-refractivity contribution is 0.562. The van der Waals surface area contributed by atoms with Gasteiger partial charge in [-0.3, -0.25) is 4.72 Å². The average Bonchev–Trinajstić information content (AvgIpc) is 2.72. The lowest BCUT2D eigenvalue weighted by atomic mass is 10.1. The minimum Gasteiger partial charge on any atom is -0.315 e. The predicted molar refractivity (Wildman–Crippen MR) is 117 cm³/mol. The number of nitrogens with one attached hydrogen (secondary N) is 2. The van der Waals surface area contributed by atoms with Crippen molar-refractivity contribution in [1.82, 2.24) is 10.0 Å². The number of aryl methyl sites for hydroxylation is 2. The van der Waals surface area contributed by atoms with Gasteiger partial charge in [-0.25, -0.2) is 0 Å². The van der Waals surface area contributed by atoms with Crippen LogP contribution in [-0.4, -0.2) is 13.1 Å². The first-order chi connectivity index (χ1) is 13.3. The highest BCUT2D eigenvalue weighted by Gasteiger charge is 2.11. The van der Waals surface area contributed by atoms with Gasteiger partial charge in [0.05, 0.1) is 6.04 Å². The molecular formula is C24H28N2S. The molecule has 0 aliphatic rings. The summed E-state index contributed by atoms with van der Waals surface area (Å²) in [7, 11) is 0. The fraction of sp³-hybridized carbons (Fsp3) is 0.250. The van der Waals surface area contributed by atoms with E-state index in [1.54, 1.807) is 11.9 Å². The van der Waals surface area contributed by atoms with Crippen molar-refractivity contribution < 1.29 is 0 Å². The molecule has 0 heterocycles. The second-order valence-corrected chi connectivity index (χ2v) is 7.70. The van der Waals surface area contributed by atoms with E-state index < -0.39 is 0 Å². The Morgan fingerprint density at radius 3 is 2.19 bits per heavy atom. The van der Waals surface area contributed by atoms with Crippen molar-refractivity contribution in [3.63, 3.8) is 0 Å². The van der Waals surface area contributed by atoms with Crippen molar-refractivity contribution in [2.24, 2.45) is 0 Å². The van der Waals surface area contributed by atoms with Gasteiger partial charge in [0.1, 0.15) is 0 Å². The topological polar surface area (TPSA) is 24.1 Å². The smallest absolute Gasteiger partial charge is 0.0549 e. The summed E-state index contributed by atoms with van der Waals surface area (Å²) in [6.07, 6.45) is 2.27. The van der Waals surface area contributed by atoms with Crippen LogP contribution in [0.5, 0.6) is 0 Å². The average molecular weight is 377 g/mol. The van der Waals surface area contributed by atoms with Gasteiger partial charge < -0.3 is 5.32 Å². The number of rotatable bonds is 10. The van der Waals surface area contributed by atoms with Gasteiger partial charge in [0.15, 0.2) is 0 Å². The van der Waals surface area contributed by atoms with E-state index in [2.05, 4.69) is 102 Å². The van der Waals surface area contributed by atoms with Gasteiger partial charge in [0.2, 0.25) is 0 Å². The van der Waals surface area contributed by atoms with Crippen LogP contribution in [0.3, 0.4) is 0 Å². The normalized spacial score (nSPS) is 12.0. The molecule has 0 amide bonds. The van der Waals surface area contributed by atoms with E-state index in [-0.39, 0.29) is 6.04 Å². The van der Waals surface area contributed by atoms with Gasteiger partial charge in [-0.05, 0) is 61.5 Å². The zero-order valence-corrected chi connectivity index (χ0v) is 16.7. The van der Waals surface area contributed by atoms with E-state index >= 15 is 0 Å². The van der Waals surface area contributed by atoms with Gasteiger partial charge in [-0.2, -0.15) is 0 Å². The predicted octanol–water partition coefficient (Wildman–Crippen LogP) is 5.56. The second kappa shape index (κ2) is 10.9. The molecule has 3 aromatic rings. The number of hydrogen-bond donors (Lipinski definition) is 2. The van der Waals surface area contributed by atoms with Crippen LogP contribution in [0.4, 0.5) is 0 Å². The molecule has 0 aliphatic heterocycles. The fourth-order valence-corrected chi connectivity index (χ4v) is 3.74. The van der Waals surface area contributed by atoms with Gasteiger partial charge in [0.25, 0.3) is 0 Å². The Bertz CT molecular complexity index is 772. The molecule has 1 atom stereocenters. The highest BCUT2D eigenvalue weighted by molar-refractivity contribution is 7.97. The summed E-state index contributed by atoms with van der Waals surface area (Å²) in [5.74, 6) is 0. The molecule has 27 heavy (non-hydrogen) atoms. The third-order valence-corrected chi connectivity index (χ3v) is 5.46. The molecule has 3 aromatic carbocycles. The van der Waals surface area contributed by atoms with Crippen LogP contribution in [0.1, 0.15) is 29.2 Å². The molecule has 2 nitrogen and oxygen atoms in total. The molecule has 3 heteroatoms. The first-order valence-corrected chi connectivity index (χ1v) is 10.4. The Balaban J connectivity index is 1.48. The van der Waals surface area contributed by atoms with Gasteiger partial charge >= 0.3 is 0 Å². The molecule has 2 N–H and O–H groups in total. The first kappa shape index (κ1) is 19.7. The summed E-state index contributed by atoms with van der Waals surface area (Å²) in [6.45, 7) is 4.06. The largest absolute Gasteiger partial charge is 0.315 e. The van der Waals surface area contributed by atoms with E-state index in [1.807, 2.05) is 0 Å². The molecule has 0 radical (unpaired) electrons. The van der Waals surface area contributed by atoms with Crippen molar-refractivity contribution in [3.8, 4) is 0 Å². The number of benzene rings is 3. The summed E-state index contributed by atoms with van der Waals surface area (Å²) < 4.78 is 3.63. The maximum absolute atomic E-state index is 3.63. The van der Waals surface area contributed by atoms with Crippen molar-refractivity contribution in [3.05, 3.63) is 102 Å². The Hall–Kier alpha value is -2.07. The Kier molecular flexibility index (Phi) is 7.97. The van der Waals surface area contributed by atoms with Crippen molar-refractivity contribution in [2.45, 2.75) is 30.7 Å². The van der Waals surface area contributed by atoms with E-state index in [1.165, 1.54) is 21.6 Å². The molecule has 0 saturated carbocycles. The van der Waals surface area contributed by atoms with E-state index in [4.69, 9.17) is 0 Å². The maximum atomic E-state index is 3.63. The summed E-state index contributed by atoms with van der Waals surface area (Å²) >= 11 is 1.70. The van der Waals surface area contributed by atoms with Crippen molar-refractivity contribution in [1.29, 1.82) is 0 Å². The molecule has 0 fully saturated rings. The summed E-state index contributed by atoms with van der Waals surface area (Å²) in [5.41, 5.74) is 4.01. The highest BCUT2D eigenvalue weighted by Crippen LogP contribution is 2.21. The van der Waals surface area contributed by atoms with Crippen molar-refractivity contribution >= 4 is 11.9 Å². The van der Waals surface area contributed by atoms with Gasteiger partial charge in [-0.15, -0.1) is 0 Å². The van der Waals surface area contributed by atoms with Crippen LogP contribution in [-0.2, 0) is 6.42 Å². The van der Waals surface area contributed by atoms with Crippen LogP contribution in [0, 0.1) is 6.92 Å². The fourth-order valence-electron chi connectivity index (χ4n) is 2.97. The maximum Gasteiger partial charge on any atom is 0.0549 e. The molecule has 0 aliphatic carbocycles. The Morgan fingerprint density at radius 2 is 1.48 bits per heavy atom. The lowest BCUT2D eigenvalue weighted by Gasteiger charge is -2.19. The Morgan fingerprint density at radius 1 is 0.815 bits per heavy atom. The van der Waals surface area contributed by atoms with Gasteiger partial charge in [0, 0.05) is 11.4 Å². The van der Waals surface area contributed by atoms with Crippen LogP contribution >= 0.6 is 11.9 Å². The quantitative estimate of drug-likeness (QED) is 0.358. The zero-order chi connectivity index (χ0) is 18.7. The third kappa shape index (κ3) is 6.87. The summed E-state index contributed by atoms with van der Waals surface area (Å²) in [6, 6.07) is 30.3. The SMILES string of the molecule is Cc1ccc(SNC(CNCCCc2ccccc2)c2ccccc2)cc1. The van der Waals surface area contributed by atoms with Crippen molar-refractivity contribution in [2.75, 3.05) is 13.1 Å². The summed E-state index contributed by atoms with van der Waals surface area (Å²) in [4.78, 5) is 1.24. The minimum atomic E-state index is 0.272. The molecule has 0 spiro atoms. The van der Waals surface area contributed by atoms with Crippen LogP contribution in [0.15, 0.2) is 89.8 Å². The molecule has 140 valence electrons. The second-order valence-electron chi connectivity index (χ2n) is 6.79. The lowest BCUT2D eigenvalue weighted by Crippen LogP contribution is -2.29. The van der Waals surface area contributed by atoms with Crippen LogP contribution in [0.25, 0.3) is 0 Å².